The maximum absolute atomic E-state index is 6.01. The van der Waals surface area contributed by atoms with E-state index in [4.69, 9.17) is 11.6 Å². The van der Waals surface area contributed by atoms with E-state index in [9.17, 15) is 0 Å². The van der Waals surface area contributed by atoms with Crippen LogP contribution in [-0.4, -0.2) is 0 Å². The lowest BCUT2D eigenvalue weighted by Gasteiger charge is -2.07. The molecule has 0 nitrogen and oxygen atoms in total. The van der Waals surface area contributed by atoms with Crippen LogP contribution in [0.4, 0.5) is 0 Å². The Labute approximate surface area is 101 Å². The van der Waals surface area contributed by atoms with Crippen molar-refractivity contribution >= 4 is 17.2 Å². The van der Waals surface area contributed by atoms with Gasteiger partial charge < -0.3 is 0 Å². The summed E-state index contributed by atoms with van der Waals surface area (Å²) in [6.45, 7) is 2.04. The van der Waals surface area contributed by atoms with Crippen LogP contribution < -0.4 is 0 Å². The maximum atomic E-state index is 6.01. The van der Waals surface area contributed by atoms with Crippen LogP contribution in [0.3, 0.4) is 0 Å². The molecular formula is C15H13Cl. The second kappa shape index (κ2) is 5.00. The van der Waals surface area contributed by atoms with Gasteiger partial charge in [-0.25, -0.2) is 0 Å². The third kappa shape index (κ3) is 2.34. The van der Waals surface area contributed by atoms with Crippen LogP contribution in [0.5, 0.6) is 0 Å². The lowest BCUT2D eigenvalue weighted by molar-refractivity contribution is 1.53. The van der Waals surface area contributed by atoms with E-state index in [2.05, 4.69) is 24.3 Å². The predicted octanol–water partition coefficient (Wildman–Crippen LogP) is 4.79. The number of benzene rings is 2. The Morgan fingerprint density at radius 1 is 0.938 bits per heavy atom. The normalized spacial score (nSPS) is 11.5. The first-order valence-electron chi connectivity index (χ1n) is 5.29. The van der Waals surface area contributed by atoms with Crippen molar-refractivity contribution in [3.63, 3.8) is 0 Å². The van der Waals surface area contributed by atoms with Crippen LogP contribution in [0.15, 0.2) is 60.7 Å². The molecule has 0 radical (unpaired) electrons. The Hall–Kier alpha value is -1.53. The zero-order valence-corrected chi connectivity index (χ0v) is 9.91. The summed E-state index contributed by atoms with van der Waals surface area (Å²) in [5, 5.41) is 0.771. The van der Waals surface area contributed by atoms with E-state index in [1.165, 1.54) is 11.1 Å². The van der Waals surface area contributed by atoms with Gasteiger partial charge in [-0.15, -0.1) is 0 Å². The van der Waals surface area contributed by atoms with Crippen LogP contribution >= 0.6 is 11.6 Å². The van der Waals surface area contributed by atoms with Crippen LogP contribution in [0.25, 0.3) is 5.57 Å². The van der Waals surface area contributed by atoms with E-state index >= 15 is 0 Å². The standard InChI is InChI=1S/C15H13Cl/c1-2-15(12-7-4-3-5-8-12)13-9-6-10-14(16)11-13/h2-11H,1H3/b15-2+. The highest BCUT2D eigenvalue weighted by atomic mass is 35.5. The van der Waals surface area contributed by atoms with Crippen LogP contribution in [0.1, 0.15) is 18.1 Å². The lowest BCUT2D eigenvalue weighted by Crippen LogP contribution is -1.86. The third-order valence-electron chi connectivity index (χ3n) is 2.51. The highest BCUT2D eigenvalue weighted by Gasteiger charge is 2.03. The Morgan fingerprint density at radius 3 is 2.25 bits per heavy atom. The Bertz CT molecular complexity index is 498. The number of rotatable bonds is 2. The minimum Gasteiger partial charge on any atom is -0.0843 e. The molecular weight excluding hydrogens is 216 g/mol. The van der Waals surface area contributed by atoms with Gasteiger partial charge in [0.1, 0.15) is 0 Å². The molecule has 0 atom stereocenters. The molecule has 2 aromatic carbocycles. The summed E-state index contributed by atoms with van der Waals surface area (Å²) in [5.74, 6) is 0. The summed E-state index contributed by atoms with van der Waals surface area (Å²) >= 11 is 6.01. The van der Waals surface area contributed by atoms with Crippen LogP contribution in [0.2, 0.25) is 5.02 Å². The highest BCUT2D eigenvalue weighted by Crippen LogP contribution is 2.25. The molecule has 0 aliphatic carbocycles. The number of halogens is 1. The topological polar surface area (TPSA) is 0 Å². The van der Waals surface area contributed by atoms with Crippen molar-refractivity contribution in [1.82, 2.24) is 0 Å². The van der Waals surface area contributed by atoms with Crippen molar-refractivity contribution < 1.29 is 0 Å². The molecule has 0 N–H and O–H groups in total. The van der Waals surface area contributed by atoms with Gasteiger partial charge in [0.15, 0.2) is 0 Å². The summed E-state index contributed by atoms with van der Waals surface area (Å²) in [6, 6.07) is 18.3. The molecule has 0 fully saturated rings. The maximum Gasteiger partial charge on any atom is 0.0412 e. The molecule has 0 heterocycles. The van der Waals surface area contributed by atoms with Crippen molar-refractivity contribution in [3.8, 4) is 0 Å². The summed E-state index contributed by atoms with van der Waals surface area (Å²) in [7, 11) is 0. The molecule has 0 saturated carbocycles. The number of hydrogen-bond donors (Lipinski definition) is 0. The molecule has 2 aromatic rings. The van der Waals surface area contributed by atoms with Gasteiger partial charge in [-0.1, -0.05) is 60.1 Å². The Morgan fingerprint density at radius 2 is 1.62 bits per heavy atom. The van der Waals surface area contributed by atoms with Crippen molar-refractivity contribution in [2.75, 3.05) is 0 Å². The summed E-state index contributed by atoms with van der Waals surface area (Å²) in [6.07, 6.45) is 2.11. The first kappa shape index (κ1) is 11.0. The molecule has 0 aliphatic heterocycles. The van der Waals surface area contributed by atoms with Gasteiger partial charge in [0, 0.05) is 5.02 Å². The fraction of sp³-hybridized carbons (Fsp3) is 0.0667. The summed E-state index contributed by atoms with van der Waals surface area (Å²) in [5.41, 5.74) is 3.58. The van der Waals surface area contributed by atoms with Gasteiger partial charge in [0.2, 0.25) is 0 Å². The fourth-order valence-electron chi connectivity index (χ4n) is 1.77. The Kier molecular flexibility index (Phi) is 3.43. The number of allylic oxidation sites excluding steroid dienone is 1. The minimum absolute atomic E-state index is 0.771. The largest absolute Gasteiger partial charge is 0.0843 e. The van der Waals surface area contributed by atoms with E-state index in [0.29, 0.717) is 0 Å². The van der Waals surface area contributed by atoms with Crippen LogP contribution in [-0.2, 0) is 0 Å². The van der Waals surface area contributed by atoms with Crippen molar-refractivity contribution in [3.05, 3.63) is 76.8 Å². The second-order valence-electron chi connectivity index (χ2n) is 3.58. The quantitative estimate of drug-likeness (QED) is 0.693. The first-order valence-corrected chi connectivity index (χ1v) is 5.67. The first-order chi connectivity index (χ1) is 7.81. The van der Waals surface area contributed by atoms with Gasteiger partial charge in [-0.3, -0.25) is 0 Å². The molecule has 0 saturated heterocycles. The van der Waals surface area contributed by atoms with Gasteiger partial charge in [0.25, 0.3) is 0 Å². The van der Waals surface area contributed by atoms with Gasteiger partial charge in [-0.2, -0.15) is 0 Å². The second-order valence-corrected chi connectivity index (χ2v) is 4.02. The van der Waals surface area contributed by atoms with E-state index < -0.39 is 0 Å². The third-order valence-corrected chi connectivity index (χ3v) is 2.74. The van der Waals surface area contributed by atoms with E-state index in [1.807, 2.05) is 43.3 Å². The van der Waals surface area contributed by atoms with Gasteiger partial charge in [0.05, 0.1) is 0 Å². The molecule has 0 spiro atoms. The average molecular weight is 229 g/mol. The zero-order chi connectivity index (χ0) is 11.4. The molecule has 16 heavy (non-hydrogen) atoms. The SMILES string of the molecule is C/C=C(\c1ccccc1)c1cccc(Cl)c1. The molecule has 0 amide bonds. The van der Waals surface area contributed by atoms with E-state index in [0.717, 1.165) is 10.6 Å². The van der Waals surface area contributed by atoms with Crippen molar-refractivity contribution in [1.29, 1.82) is 0 Å². The zero-order valence-electron chi connectivity index (χ0n) is 9.15. The number of hydrogen-bond acceptors (Lipinski definition) is 0. The highest BCUT2D eigenvalue weighted by molar-refractivity contribution is 6.30. The molecule has 80 valence electrons. The lowest BCUT2D eigenvalue weighted by atomic mass is 9.98. The van der Waals surface area contributed by atoms with Crippen LogP contribution in [0, 0.1) is 0 Å². The van der Waals surface area contributed by atoms with Gasteiger partial charge >= 0.3 is 0 Å². The summed E-state index contributed by atoms with van der Waals surface area (Å²) < 4.78 is 0. The Balaban J connectivity index is 2.46. The van der Waals surface area contributed by atoms with Crippen molar-refractivity contribution in [2.24, 2.45) is 0 Å². The molecule has 1 heteroatoms. The van der Waals surface area contributed by atoms with E-state index in [1.54, 1.807) is 0 Å². The molecule has 2 rings (SSSR count). The minimum atomic E-state index is 0.771. The van der Waals surface area contributed by atoms with Gasteiger partial charge in [-0.05, 0) is 35.8 Å². The predicted molar refractivity (Wildman–Crippen MR) is 70.6 cm³/mol. The van der Waals surface area contributed by atoms with E-state index in [-0.39, 0.29) is 0 Å². The molecule has 0 unspecified atom stereocenters. The average Bonchev–Trinajstić information content (AvgIpc) is 2.31. The fourth-order valence-corrected chi connectivity index (χ4v) is 1.96. The van der Waals surface area contributed by atoms with Crippen molar-refractivity contribution in [2.45, 2.75) is 6.92 Å². The molecule has 0 bridgehead atoms. The molecule has 0 aromatic heterocycles. The smallest absolute Gasteiger partial charge is 0.0412 e. The molecule has 0 aliphatic rings. The monoisotopic (exact) mass is 228 g/mol. The summed E-state index contributed by atoms with van der Waals surface area (Å²) in [4.78, 5) is 0.